The van der Waals surface area contributed by atoms with Crippen molar-refractivity contribution >= 4 is 5.91 Å². The maximum absolute atomic E-state index is 13.4. The van der Waals surface area contributed by atoms with E-state index in [1.165, 1.54) is 23.7 Å². The lowest BCUT2D eigenvalue weighted by atomic mass is 9.97. The van der Waals surface area contributed by atoms with Crippen LogP contribution in [0.25, 0.3) is 0 Å². The Balaban J connectivity index is 1.39. The van der Waals surface area contributed by atoms with Gasteiger partial charge in [0.05, 0.1) is 6.42 Å². The van der Waals surface area contributed by atoms with Gasteiger partial charge in [-0.15, -0.1) is 0 Å². The Hall–Kier alpha value is -2.21. The summed E-state index contributed by atoms with van der Waals surface area (Å²) in [5, 5.41) is 0. The number of piperidine rings is 1. The van der Waals surface area contributed by atoms with Crippen LogP contribution in [0.3, 0.4) is 0 Å². The number of nitrogens with zero attached hydrogens (tertiary/aromatic N) is 3. The number of benzene rings is 1. The number of ether oxygens (including phenoxy) is 1. The molecule has 2 aliphatic heterocycles. The SMILES string of the molecule is Cc1cnc(C2CCOCC2)n1C1CCN(C(=O)Cc2cccc(F)c2)CC1. The second-order valence-electron chi connectivity index (χ2n) is 7.93. The van der Waals surface area contributed by atoms with E-state index in [4.69, 9.17) is 9.72 Å². The Kier molecular flexibility index (Phi) is 5.76. The van der Waals surface area contributed by atoms with E-state index in [0.29, 0.717) is 12.0 Å². The first-order chi connectivity index (χ1) is 13.6. The van der Waals surface area contributed by atoms with Gasteiger partial charge in [0.15, 0.2) is 0 Å². The third-order valence-electron chi connectivity index (χ3n) is 6.02. The molecule has 0 spiro atoms. The summed E-state index contributed by atoms with van der Waals surface area (Å²) in [7, 11) is 0. The van der Waals surface area contributed by atoms with Gasteiger partial charge in [-0.1, -0.05) is 12.1 Å². The summed E-state index contributed by atoms with van der Waals surface area (Å²) in [5.74, 6) is 1.44. The Labute approximate surface area is 165 Å². The van der Waals surface area contributed by atoms with E-state index in [-0.39, 0.29) is 18.1 Å². The third kappa shape index (κ3) is 4.12. The number of likely N-dealkylation sites (tertiary alicyclic amines) is 1. The first kappa shape index (κ1) is 19.1. The Morgan fingerprint density at radius 3 is 2.68 bits per heavy atom. The minimum atomic E-state index is -0.291. The molecule has 2 aromatic rings. The van der Waals surface area contributed by atoms with Crippen molar-refractivity contribution in [1.29, 1.82) is 0 Å². The lowest BCUT2D eigenvalue weighted by Gasteiger charge is -2.35. The summed E-state index contributed by atoms with van der Waals surface area (Å²) in [6.45, 7) is 5.22. The summed E-state index contributed by atoms with van der Waals surface area (Å²) in [6, 6.07) is 6.70. The van der Waals surface area contributed by atoms with Crippen LogP contribution in [0.1, 0.15) is 54.7 Å². The number of rotatable bonds is 4. The van der Waals surface area contributed by atoms with Crippen molar-refractivity contribution in [2.24, 2.45) is 0 Å². The van der Waals surface area contributed by atoms with Gasteiger partial charge >= 0.3 is 0 Å². The van der Waals surface area contributed by atoms with Crippen LogP contribution < -0.4 is 0 Å². The fourth-order valence-corrected chi connectivity index (χ4v) is 4.50. The zero-order valence-electron chi connectivity index (χ0n) is 16.4. The van der Waals surface area contributed by atoms with Gasteiger partial charge in [-0.2, -0.15) is 0 Å². The van der Waals surface area contributed by atoms with Gasteiger partial charge in [0.25, 0.3) is 0 Å². The molecular formula is C22H28FN3O2. The van der Waals surface area contributed by atoms with Crippen molar-refractivity contribution in [1.82, 2.24) is 14.5 Å². The number of aromatic nitrogens is 2. The van der Waals surface area contributed by atoms with Crippen LogP contribution in [0.15, 0.2) is 30.5 Å². The number of halogens is 1. The number of hydrogen-bond donors (Lipinski definition) is 0. The van der Waals surface area contributed by atoms with Crippen molar-refractivity contribution in [2.45, 2.75) is 51.0 Å². The lowest BCUT2D eigenvalue weighted by molar-refractivity contribution is -0.131. The summed E-state index contributed by atoms with van der Waals surface area (Å²) in [5.41, 5.74) is 1.94. The van der Waals surface area contributed by atoms with Crippen molar-refractivity contribution in [3.63, 3.8) is 0 Å². The van der Waals surface area contributed by atoms with Crippen LogP contribution >= 0.6 is 0 Å². The van der Waals surface area contributed by atoms with Crippen molar-refractivity contribution in [3.05, 3.63) is 53.4 Å². The van der Waals surface area contributed by atoms with Crippen molar-refractivity contribution in [2.75, 3.05) is 26.3 Å². The van der Waals surface area contributed by atoms with E-state index in [0.717, 1.165) is 57.6 Å². The molecule has 1 aromatic carbocycles. The predicted molar refractivity (Wildman–Crippen MR) is 105 cm³/mol. The summed E-state index contributed by atoms with van der Waals surface area (Å²) in [4.78, 5) is 19.3. The number of aryl methyl sites for hydroxylation is 1. The molecule has 2 fully saturated rings. The van der Waals surface area contributed by atoms with Crippen LogP contribution in [0.5, 0.6) is 0 Å². The largest absolute Gasteiger partial charge is 0.381 e. The second kappa shape index (κ2) is 8.43. The molecule has 6 heteroatoms. The normalized spacial score (nSPS) is 19.1. The van der Waals surface area contributed by atoms with E-state index in [9.17, 15) is 9.18 Å². The molecule has 0 radical (unpaired) electrons. The van der Waals surface area contributed by atoms with E-state index in [2.05, 4.69) is 11.5 Å². The highest BCUT2D eigenvalue weighted by atomic mass is 19.1. The van der Waals surface area contributed by atoms with E-state index >= 15 is 0 Å². The summed E-state index contributed by atoms with van der Waals surface area (Å²) >= 11 is 0. The number of hydrogen-bond acceptors (Lipinski definition) is 3. The maximum atomic E-state index is 13.4. The Morgan fingerprint density at radius 1 is 1.21 bits per heavy atom. The molecule has 0 unspecified atom stereocenters. The average molecular weight is 385 g/mol. The highest BCUT2D eigenvalue weighted by molar-refractivity contribution is 5.78. The first-order valence-corrected chi connectivity index (χ1v) is 10.3. The zero-order valence-corrected chi connectivity index (χ0v) is 16.4. The molecule has 5 nitrogen and oxygen atoms in total. The van der Waals surface area contributed by atoms with Crippen LogP contribution in [0.4, 0.5) is 4.39 Å². The van der Waals surface area contributed by atoms with Crippen molar-refractivity contribution < 1.29 is 13.9 Å². The molecule has 0 aliphatic carbocycles. The zero-order chi connectivity index (χ0) is 19.5. The molecule has 0 bridgehead atoms. The molecule has 3 heterocycles. The highest BCUT2D eigenvalue weighted by Crippen LogP contribution is 2.32. The maximum Gasteiger partial charge on any atom is 0.226 e. The van der Waals surface area contributed by atoms with Gasteiger partial charge in [0, 0.05) is 50.2 Å². The van der Waals surface area contributed by atoms with Gasteiger partial charge in [-0.25, -0.2) is 9.37 Å². The van der Waals surface area contributed by atoms with Crippen LogP contribution in [-0.2, 0) is 16.0 Å². The minimum absolute atomic E-state index is 0.0797. The molecule has 1 aromatic heterocycles. The monoisotopic (exact) mass is 385 g/mol. The molecule has 2 aliphatic rings. The molecule has 4 rings (SSSR count). The van der Waals surface area contributed by atoms with E-state index in [1.807, 2.05) is 17.2 Å². The standard InChI is InChI=1S/C22H28FN3O2/c1-16-15-24-22(18-7-11-28-12-8-18)26(16)20-5-9-25(10-6-20)21(27)14-17-3-2-4-19(23)13-17/h2-4,13,15,18,20H,5-12,14H2,1H3. The van der Waals surface area contributed by atoms with Crippen LogP contribution in [0.2, 0.25) is 0 Å². The predicted octanol–water partition coefficient (Wildman–Crippen LogP) is 3.63. The Bertz CT molecular complexity index is 821. The molecule has 28 heavy (non-hydrogen) atoms. The van der Waals surface area contributed by atoms with Crippen molar-refractivity contribution in [3.8, 4) is 0 Å². The fraction of sp³-hybridized carbons (Fsp3) is 0.545. The second-order valence-corrected chi connectivity index (χ2v) is 7.93. The van der Waals surface area contributed by atoms with Gasteiger partial charge in [-0.05, 0) is 50.3 Å². The van der Waals surface area contributed by atoms with Gasteiger partial charge in [0.2, 0.25) is 5.91 Å². The molecule has 0 saturated carbocycles. The smallest absolute Gasteiger partial charge is 0.226 e. The number of amides is 1. The Morgan fingerprint density at radius 2 is 1.96 bits per heavy atom. The number of imidazole rings is 1. The molecule has 150 valence electrons. The van der Waals surface area contributed by atoms with Crippen LogP contribution in [-0.4, -0.2) is 46.7 Å². The lowest BCUT2D eigenvalue weighted by Crippen LogP contribution is -2.40. The van der Waals surface area contributed by atoms with Gasteiger partial charge in [0.1, 0.15) is 11.6 Å². The molecular weight excluding hydrogens is 357 g/mol. The summed E-state index contributed by atoms with van der Waals surface area (Å²) in [6.07, 6.45) is 6.17. The van der Waals surface area contributed by atoms with E-state index < -0.39 is 0 Å². The van der Waals surface area contributed by atoms with E-state index in [1.54, 1.807) is 6.07 Å². The van der Waals surface area contributed by atoms with Gasteiger partial charge < -0.3 is 14.2 Å². The number of carbonyl (C=O) groups is 1. The molecule has 0 N–H and O–H groups in total. The molecule has 0 atom stereocenters. The number of carbonyl (C=O) groups excluding carboxylic acids is 1. The molecule has 1 amide bonds. The highest BCUT2D eigenvalue weighted by Gasteiger charge is 2.29. The summed E-state index contributed by atoms with van der Waals surface area (Å²) < 4.78 is 21.3. The molecule has 2 saturated heterocycles. The quantitative estimate of drug-likeness (QED) is 0.807. The van der Waals surface area contributed by atoms with Gasteiger partial charge in [-0.3, -0.25) is 4.79 Å². The third-order valence-corrected chi connectivity index (χ3v) is 6.02. The average Bonchev–Trinajstić information content (AvgIpc) is 3.10. The fourth-order valence-electron chi connectivity index (χ4n) is 4.50. The first-order valence-electron chi connectivity index (χ1n) is 10.3. The topological polar surface area (TPSA) is 47.4 Å². The van der Waals surface area contributed by atoms with Crippen LogP contribution in [0, 0.1) is 12.7 Å². The minimum Gasteiger partial charge on any atom is -0.381 e.